The van der Waals surface area contributed by atoms with E-state index in [9.17, 15) is 4.79 Å². The molecule has 1 saturated carbocycles. The molecular formula is C13H15BrClNO. The lowest BCUT2D eigenvalue weighted by Crippen LogP contribution is -2.28. The Morgan fingerprint density at radius 2 is 2.12 bits per heavy atom. The highest BCUT2D eigenvalue weighted by Crippen LogP contribution is 2.24. The van der Waals surface area contributed by atoms with Crippen molar-refractivity contribution in [2.75, 3.05) is 6.54 Å². The minimum atomic E-state index is -0.0274. The molecular weight excluding hydrogens is 302 g/mol. The maximum Gasteiger partial charge on any atom is 0.252 e. The van der Waals surface area contributed by atoms with Gasteiger partial charge in [0.05, 0.1) is 5.56 Å². The molecule has 0 unspecified atom stereocenters. The van der Waals surface area contributed by atoms with E-state index in [1.807, 2.05) is 0 Å². The van der Waals surface area contributed by atoms with Crippen LogP contribution in [0.5, 0.6) is 0 Å². The highest BCUT2D eigenvalue weighted by Gasteiger charge is 2.17. The second-order valence-electron chi connectivity index (χ2n) is 4.48. The lowest BCUT2D eigenvalue weighted by atomic mass is 10.1. The molecule has 4 heteroatoms. The van der Waals surface area contributed by atoms with Crippen molar-refractivity contribution in [3.05, 3.63) is 33.3 Å². The highest BCUT2D eigenvalue weighted by atomic mass is 79.9. The Kier molecular flexibility index (Phi) is 4.46. The quantitative estimate of drug-likeness (QED) is 0.896. The first-order chi connectivity index (χ1) is 8.16. The summed E-state index contributed by atoms with van der Waals surface area (Å²) in [4.78, 5) is 11.9. The lowest BCUT2D eigenvalue weighted by Gasteiger charge is -2.11. The Morgan fingerprint density at radius 1 is 1.41 bits per heavy atom. The first-order valence-corrected chi connectivity index (χ1v) is 7.07. The molecule has 0 bridgehead atoms. The molecule has 2 rings (SSSR count). The second kappa shape index (κ2) is 5.87. The molecule has 0 radical (unpaired) electrons. The summed E-state index contributed by atoms with van der Waals surface area (Å²) < 4.78 is 0.744. The van der Waals surface area contributed by atoms with E-state index in [0.29, 0.717) is 16.5 Å². The van der Waals surface area contributed by atoms with Gasteiger partial charge < -0.3 is 5.32 Å². The number of halogens is 2. The summed E-state index contributed by atoms with van der Waals surface area (Å²) in [5, 5.41) is 3.62. The van der Waals surface area contributed by atoms with Gasteiger partial charge in [-0.1, -0.05) is 24.4 Å². The van der Waals surface area contributed by atoms with Crippen LogP contribution in [-0.4, -0.2) is 12.5 Å². The van der Waals surface area contributed by atoms with Gasteiger partial charge in [-0.15, -0.1) is 0 Å². The minimum absolute atomic E-state index is 0.0274. The zero-order valence-electron chi connectivity index (χ0n) is 9.51. The van der Waals surface area contributed by atoms with Crippen LogP contribution in [0.3, 0.4) is 0 Å². The monoisotopic (exact) mass is 315 g/mol. The van der Waals surface area contributed by atoms with Crippen molar-refractivity contribution in [2.45, 2.75) is 25.7 Å². The number of carbonyl (C=O) groups excluding carboxylic acids is 1. The van der Waals surface area contributed by atoms with Crippen molar-refractivity contribution in [3.63, 3.8) is 0 Å². The van der Waals surface area contributed by atoms with Crippen LogP contribution in [-0.2, 0) is 0 Å². The maximum absolute atomic E-state index is 11.9. The normalized spacial score (nSPS) is 16.1. The van der Waals surface area contributed by atoms with Gasteiger partial charge in [0.2, 0.25) is 0 Å². The van der Waals surface area contributed by atoms with Gasteiger partial charge in [-0.05, 0) is 52.9 Å². The third kappa shape index (κ3) is 3.46. The lowest BCUT2D eigenvalue weighted by molar-refractivity contribution is 0.0946. The van der Waals surface area contributed by atoms with Gasteiger partial charge in [-0.2, -0.15) is 0 Å². The average Bonchev–Trinajstić information content (AvgIpc) is 2.78. The Morgan fingerprint density at radius 3 is 2.76 bits per heavy atom. The van der Waals surface area contributed by atoms with Crippen molar-refractivity contribution in [2.24, 2.45) is 5.92 Å². The predicted octanol–water partition coefficient (Wildman–Crippen LogP) is 4.02. The van der Waals surface area contributed by atoms with Crippen molar-refractivity contribution in [1.29, 1.82) is 0 Å². The third-order valence-corrected chi connectivity index (χ3v) is 4.09. The minimum Gasteiger partial charge on any atom is -0.352 e. The summed E-state index contributed by atoms with van der Waals surface area (Å²) in [6, 6.07) is 5.22. The second-order valence-corrected chi connectivity index (χ2v) is 5.78. The number of carbonyl (C=O) groups is 1. The van der Waals surface area contributed by atoms with Gasteiger partial charge in [0.1, 0.15) is 0 Å². The van der Waals surface area contributed by atoms with Crippen molar-refractivity contribution in [3.8, 4) is 0 Å². The molecule has 2 nitrogen and oxygen atoms in total. The number of rotatable bonds is 3. The molecule has 17 heavy (non-hydrogen) atoms. The summed E-state index contributed by atoms with van der Waals surface area (Å²) in [5.41, 5.74) is 0.646. The Balaban J connectivity index is 1.94. The first kappa shape index (κ1) is 12.9. The number of hydrogen-bond acceptors (Lipinski definition) is 1. The summed E-state index contributed by atoms with van der Waals surface area (Å²) in [6.07, 6.45) is 5.07. The fourth-order valence-electron chi connectivity index (χ4n) is 2.22. The summed E-state index contributed by atoms with van der Waals surface area (Å²) in [5.74, 6) is 0.630. The van der Waals surface area contributed by atoms with Crippen LogP contribution in [0.1, 0.15) is 36.0 Å². The van der Waals surface area contributed by atoms with E-state index in [1.54, 1.807) is 18.2 Å². The van der Waals surface area contributed by atoms with Crippen LogP contribution in [0.15, 0.2) is 22.7 Å². The molecule has 0 aliphatic heterocycles. The van der Waals surface area contributed by atoms with Crippen LogP contribution >= 0.6 is 27.5 Å². The zero-order chi connectivity index (χ0) is 12.3. The van der Waals surface area contributed by atoms with Crippen molar-refractivity contribution in [1.82, 2.24) is 5.32 Å². The summed E-state index contributed by atoms with van der Waals surface area (Å²) in [7, 11) is 0. The van der Waals surface area contributed by atoms with Crippen molar-refractivity contribution >= 4 is 33.4 Å². The number of benzene rings is 1. The molecule has 92 valence electrons. The van der Waals surface area contributed by atoms with Gasteiger partial charge in [-0.25, -0.2) is 0 Å². The van der Waals surface area contributed by atoms with Crippen LogP contribution < -0.4 is 5.32 Å². The molecule has 1 aliphatic carbocycles. The smallest absolute Gasteiger partial charge is 0.252 e. The Bertz CT molecular complexity index is 416. The van der Waals surface area contributed by atoms with Crippen LogP contribution in [0.4, 0.5) is 0 Å². The van der Waals surface area contributed by atoms with E-state index in [1.165, 1.54) is 25.7 Å². The largest absolute Gasteiger partial charge is 0.352 e. The van der Waals surface area contributed by atoms with Crippen LogP contribution in [0.25, 0.3) is 0 Å². The van der Waals surface area contributed by atoms with Crippen molar-refractivity contribution < 1.29 is 4.79 Å². The maximum atomic E-state index is 11.9. The van der Waals surface area contributed by atoms with Crippen LogP contribution in [0.2, 0.25) is 5.02 Å². The molecule has 0 saturated heterocycles. The fraction of sp³-hybridized carbons (Fsp3) is 0.462. The number of nitrogens with one attached hydrogen (secondary N) is 1. The molecule has 1 aromatic carbocycles. The molecule has 0 aromatic heterocycles. The average molecular weight is 317 g/mol. The van der Waals surface area contributed by atoms with E-state index < -0.39 is 0 Å². The molecule has 1 aliphatic rings. The molecule has 0 heterocycles. The Hall–Kier alpha value is -0.540. The fourth-order valence-corrected chi connectivity index (χ4v) is 3.08. The molecule has 0 atom stereocenters. The Labute approximate surface area is 115 Å². The third-order valence-electron chi connectivity index (χ3n) is 3.20. The van der Waals surface area contributed by atoms with Gasteiger partial charge >= 0.3 is 0 Å². The van der Waals surface area contributed by atoms with Gasteiger partial charge in [-0.3, -0.25) is 4.79 Å². The highest BCUT2D eigenvalue weighted by molar-refractivity contribution is 9.10. The van der Waals surface area contributed by atoms with E-state index in [0.717, 1.165) is 11.0 Å². The van der Waals surface area contributed by atoms with Gasteiger partial charge in [0.25, 0.3) is 5.91 Å². The van der Waals surface area contributed by atoms with Gasteiger partial charge in [0, 0.05) is 16.0 Å². The van der Waals surface area contributed by atoms with Gasteiger partial charge in [0.15, 0.2) is 0 Å². The molecule has 1 fully saturated rings. The molecule has 1 N–H and O–H groups in total. The summed E-state index contributed by atoms with van der Waals surface area (Å²) >= 11 is 9.20. The molecule has 1 amide bonds. The topological polar surface area (TPSA) is 29.1 Å². The number of amides is 1. The summed E-state index contributed by atoms with van der Waals surface area (Å²) in [6.45, 7) is 0.786. The molecule has 1 aromatic rings. The number of hydrogen-bond donors (Lipinski definition) is 1. The van der Waals surface area contributed by atoms with Crippen LogP contribution in [0, 0.1) is 5.92 Å². The predicted molar refractivity (Wildman–Crippen MR) is 73.4 cm³/mol. The zero-order valence-corrected chi connectivity index (χ0v) is 11.9. The first-order valence-electron chi connectivity index (χ1n) is 5.90. The SMILES string of the molecule is O=C(NCC1CCCC1)c1ccc(Cl)cc1Br. The van der Waals surface area contributed by atoms with E-state index in [-0.39, 0.29) is 5.91 Å². The standard InChI is InChI=1S/C13H15BrClNO/c14-12-7-10(15)5-6-11(12)13(17)16-8-9-3-1-2-4-9/h5-7,9H,1-4,8H2,(H,16,17). The van der Waals surface area contributed by atoms with E-state index >= 15 is 0 Å². The van der Waals surface area contributed by atoms with E-state index in [4.69, 9.17) is 11.6 Å². The molecule has 0 spiro atoms. The van der Waals surface area contributed by atoms with E-state index in [2.05, 4.69) is 21.2 Å².